The number of aromatic nitrogens is 1. The van der Waals surface area contributed by atoms with Gasteiger partial charge in [0.15, 0.2) is 11.8 Å². The van der Waals surface area contributed by atoms with E-state index >= 15 is 0 Å². The molecule has 1 heterocycles. The summed E-state index contributed by atoms with van der Waals surface area (Å²) in [5, 5.41) is 2.18. The number of hydrogen-bond donors (Lipinski definition) is 1. The molecule has 0 unspecified atom stereocenters. The number of oxazole rings is 1. The number of carbonyl (C=O) groups is 2. The van der Waals surface area contributed by atoms with E-state index in [1.165, 1.54) is 6.92 Å². The molecule has 1 N–H and O–H groups in total. The fourth-order valence-electron chi connectivity index (χ4n) is 2.39. The van der Waals surface area contributed by atoms with Crippen LogP contribution >= 0.6 is 0 Å². The quantitative estimate of drug-likeness (QED) is 0.668. The first-order valence-electron chi connectivity index (χ1n) is 8.35. The van der Waals surface area contributed by atoms with Gasteiger partial charge in [-0.25, -0.2) is 18.6 Å². The summed E-state index contributed by atoms with van der Waals surface area (Å²) in [6.45, 7) is 2.85. The van der Waals surface area contributed by atoms with Crippen molar-refractivity contribution in [1.82, 2.24) is 4.98 Å². The summed E-state index contributed by atoms with van der Waals surface area (Å²) in [6, 6.07) is 11.6. The van der Waals surface area contributed by atoms with Gasteiger partial charge in [-0.2, -0.15) is 0 Å². The topological polar surface area (TPSA) is 81.4 Å². The van der Waals surface area contributed by atoms with Gasteiger partial charge in [-0.1, -0.05) is 18.2 Å². The van der Waals surface area contributed by atoms with Gasteiger partial charge in [-0.15, -0.1) is 0 Å². The molecule has 0 aliphatic heterocycles. The number of rotatable bonds is 5. The Morgan fingerprint density at radius 1 is 1.14 bits per heavy atom. The maximum Gasteiger partial charge on any atom is 0.361 e. The Labute approximate surface area is 159 Å². The lowest BCUT2D eigenvalue weighted by molar-refractivity contribution is -0.123. The Bertz CT molecular complexity index is 1020. The third-order valence-electron chi connectivity index (χ3n) is 3.85. The van der Waals surface area contributed by atoms with Gasteiger partial charge in [0.25, 0.3) is 5.91 Å². The highest BCUT2D eigenvalue weighted by atomic mass is 19.1. The SMILES string of the molecule is Cc1oc(-c2ccccc2)nc1C(=O)O[C@H](C)C(=O)Nc1cc(F)ccc1F. The Morgan fingerprint density at radius 2 is 1.86 bits per heavy atom. The fraction of sp³-hybridized carbons (Fsp3) is 0.150. The minimum atomic E-state index is -1.27. The summed E-state index contributed by atoms with van der Waals surface area (Å²) in [5.41, 5.74) is 0.254. The van der Waals surface area contributed by atoms with Crippen LogP contribution in [0.4, 0.5) is 14.5 Å². The number of hydrogen-bond acceptors (Lipinski definition) is 5. The molecule has 28 heavy (non-hydrogen) atoms. The maximum absolute atomic E-state index is 13.6. The molecule has 0 saturated heterocycles. The molecule has 0 fully saturated rings. The van der Waals surface area contributed by atoms with Gasteiger partial charge in [0.05, 0.1) is 5.69 Å². The third-order valence-corrected chi connectivity index (χ3v) is 3.85. The fourth-order valence-corrected chi connectivity index (χ4v) is 2.39. The maximum atomic E-state index is 13.6. The molecule has 1 atom stereocenters. The van der Waals surface area contributed by atoms with Gasteiger partial charge in [-0.05, 0) is 38.1 Å². The van der Waals surface area contributed by atoms with E-state index in [0.29, 0.717) is 5.56 Å². The van der Waals surface area contributed by atoms with E-state index < -0.39 is 29.6 Å². The van der Waals surface area contributed by atoms with Crippen molar-refractivity contribution in [2.75, 3.05) is 5.32 Å². The number of esters is 1. The normalized spacial score (nSPS) is 11.7. The molecule has 6 nitrogen and oxygen atoms in total. The van der Waals surface area contributed by atoms with Crippen molar-refractivity contribution in [1.29, 1.82) is 0 Å². The van der Waals surface area contributed by atoms with Crippen molar-refractivity contribution >= 4 is 17.6 Å². The monoisotopic (exact) mass is 386 g/mol. The molecule has 0 radical (unpaired) electrons. The summed E-state index contributed by atoms with van der Waals surface area (Å²) in [5.74, 6) is -2.74. The zero-order valence-electron chi connectivity index (χ0n) is 15.0. The molecule has 144 valence electrons. The van der Waals surface area contributed by atoms with Gasteiger partial charge in [0.1, 0.15) is 17.4 Å². The highest BCUT2D eigenvalue weighted by Crippen LogP contribution is 2.22. The number of aryl methyl sites for hydroxylation is 1. The highest BCUT2D eigenvalue weighted by Gasteiger charge is 2.25. The largest absolute Gasteiger partial charge is 0.448 e. The van der Waals surface area contributed by atoms with Crippen LogP contribution in [-0.2, 0) is 9.53 Å². The standard InChI is InChI=1S/C20H16F2N2O4/c1-11-17(24-19(27-11)13-6-4-3-5-7-13)20(26)28-12(2)18(25)23-16-10-14(21)8-9-15(16)22/h3-10,12H,1-2H3,(H,23,25)/t12-/m1/s1. The molecule has 1 aromatic heterocycles. The number of nitrogens with one attached hydrogen (secondary N) is 1. The minimum Gasteiger partial charge on any atom is -0.448 e. The summed E-state index contributed by atoms with van der Waals surface area (Å²) < 4.78 is 37.4. The van der Waals surface area contributed by atoms with E-state index in [0.717, 1.165) is 18.2 Å². The Hall–Kier alpha value is -3.55. The molecule has 3 aromatic rings. The van der Waals surface area contributed by atoms with Crippen LogP contribution in [0.15, 0.2) is 52.9 Å². The van der Waals surface area contributed by atoms with Crippen LogP contribution in [0.25, 0.3) is 11.5 Å². The molecule has 0 saturated carbocycles. The van der Waals surface area contributed by atoms with Gasteiger partial charge in [0, 0.05) is 11.6 Å². The van der Waals surface area contributed by atoms with Crippen LogP contribution < -0.4 is 5.32 Å². The number of ether oxygens (including phenoxy) is 1. The second kappa shape index (κ2) is 7.99. The van der Waals surface area contributed by atoms with Gasteiger partial charge >= 0.3 is 5.97 Å². The molecular formula is C20H16F2N2O4. The molecule has 8 heteroatoms. The smallest absolute Gasteiger partial charge is 0.361 e. The lowest BCUT2D eigenvalue weighted by atomic mass is 10.2. The van der Waals surface area contributed by atoms with Crippen LogP contribution in [0.1, 0.15) is 23.2 Å². The van der Waals surface area contributed by atoms with E-state index in [2.05, 4.69) is 10.3 Å². The van der Waals surface area contributed by atoms with Crippen LogP contribution in [-0.4, -0.2) is 23.0 Å². The average molecular weight is 386 g/mol. The third kappa shape index (κ3) is 4.22. The molecule has 0 aliphatic rings. The first-order valence-corrected chi connectivity index (χ1v) is 8.35. The molecule has 1 amide bonds. The number of halogens is 2. The molecule has 0 spiro atoms. The van der Waals surface area contributed by atoms with E-state index in [-0.39, 0.29) is 23.0 Å². The lowest BCUT2D eigenvalue weighted by Crippen LogP contribution is -2.30. The number of anilines is 1. The summed E-state index contributed by atoms with van der Waals surface area (Å²) in [6.07, 6.45) is -1.27. The Balaban J connectivity index is 1.69. The number of benzene rings is 2. The first kappa shape index (κ1) is 19.2. The van der Waals surface area contributed by atoms with Crippen molar-refractivity contribution in [3.63, 3.8) is 0 Å². The van der Waals surface area contributed by atoms with Crippen molar-refractivity contribution in [2.24, 2.45) is 0 Å². The minimum absolute atomic E-state index is 0.0737. The molecule has 0 aliphatic carbocycles. The average Bonchev–Trinajstić information content (AvgIpc) is 3.07. The number of amides is 1. The first-order chi connectivity index (χ1) is 13.3. The zero-order chi connectivity index (χ0) is 20.3. The van der Waals surface area contributed by atoms with Gasteiger partial charge in [0.2, 0.25) is 5.89 Å². The second-order valence-corrected chi connectivity index (χ2v) is 5.95. The van der Waals surface area contributed by atoms with E-state index in [1.54, 1.807) is 31.2 Å². The molecule has 2 aromatic carbocycles. The second-order valence-electron chi connectivity index (χ2n) is 5.95. The predicted octanol–water partition coefficient (Wildman–Crippen LogP) is 4.11. The lowest BCUT2D eigenvalue weighted by Gasteiger charge is -2.13. The zero-order valence-corrected chi connectivity index (χ0v) is 15.0. The van der Waals surface area contributed by atoms with Crippen LogP contribution in [0.5, 0.6) is 0 Å². The van der Waals surface area contributed by atoms with Crippen molar-refractivity contribution in [3.05, 3.63) is 71.6 Å². The summed E-state index contributed by atoms with van der Waals surface area (Å²) in [4.78, 5) is 28.6. The highest BCUT2D eigenvalue weighted by molar-refractivity contribution is 5.97. The van der Waals surface area contributed by atoms with E-state index in [4.69, 9.17) is 9.15 Å². The molecular weight excluding hydrogens is 370 g/mol. The molecule has 0 bridgehead atoms. The molecule has 3 rings (SSSR count). The van der Waals surface area contributed by atoms with Crippen molar-refractivity contribution in [3.8, 4) is 11.5 Å². The van der Waals surface area contributed by atoms with Crippen molar-refractivity contribution < 1.29 is 27.5 Å². The van der Waals surface area contributed by atoms with E-state index in [1.807, 2.05) is 6.07 Å². The van der Waals surface area contributed by atoms with Crippen LogP contribution in [0.3, 0.4) is 0 Å². The Kier molecular flexibility index (Phi) is 5.49. The van der Waals surface area contributed by atoms with Gasteiger partial charge < -0.3 is 14.5 Å². The van der Waals surface area contributed by atoms with Crippen molar-refractivity contribution in [2.45, 2.75) is 20.0 Å². The van der Waals surface area contributed by atoms with Crippen LogP contribution in [0.2, 0.25) is 0 Å². The summed E-state index contributed by atoms with van der Waals surface area (Å²) >= 11 is 0. The Morgan fingerprint density at radius 3 is 2.57 bits per heavy atom. The number of nitrogens with zero attached hydrogens (tertiary/aromatic N) is 1. The van der Waals surface area contributed by atoms with Crippen LogP contribution in [0, 0.1) is 18.6 Å². The van der Waals surface area contributed by atoms with E-state index in [9.17, 15) is 18.4 Å². The van der Waals surface area contributed by atoms with Gasteiger partial charge in [-0.3, -0.25) is 4.79 Å². The predicted molar refractivity (Wildman–Crippen MR) is 96.5 cm³/mol. The summed E-state index contributed by atoms with van der Waals surface area (Å²) in [7, 11) is 0. The number of carbonyl (C=O) groups excluding carboxylic acids is 2.